The molecule has 0 saturated heterocycles. The quantitative estimate of drug-likeness (QED) is 0.552. The molecule has 10 heavy (non-hydrogen) atoms. The van der Waals surface area contributed by atoms with Gasteiger partial charge < -0.3 is 0 Å². The van der Waals surface area contributed by atoms with Gasteiger partial charge in [-0.05, 0) is 12.5 Å². The second-order valence-corrected chi connectivity index (χ2v) is 2.42. The Hall–Kier alpha value is -0.890. The molecule has 51 valence electrons. The molecule has 0 bridgehead atoms. The lowest BCUT2D eigenvalue weighted by atomic mass is 10.2. The molecule has 0 atom stereocenters. The topological polar surface area (TPSA) is 17.1 Å². The van der Waals surface area contributed by atoms with Gasteiger partial charge in [0.1, 0.15) is 0 Å². The number of aryl methyl sites for hydroxylation is 1. The fraction of sp³-hybridized carbons (Fsp3) is 0.125. The molecule has 0 N–H and O–H groups in total. The van der Waals surface area contributed by atoms with E-state index in [4.69, 9.17) is 0 Å². The molecule has 0 saturated carbocycles. The average Bonchev–Trinajstić information content (AvgIpc) is 1.95. The van der Waals surface area contributed by atoms with E-state index in [1.54, 1.807) is 0 Å². The minimum absolute atomic E-state index is 0.361. The Kier molecular flexibility index (Phi) is 2.40. The molecule has 1 nitrogen and oxygen atoms in total. The molecule has 1 radical (unpaired) electrons. The first-order valence-corrected chi connectivity index (χ1v) is 3.68. The summed E-state index contributed by atoms with van der Waals surface area (Å²) in [6, 6.07) is 7.66. The van der Waals surface area contributed by atoms with Crippen molar-refractivity contribution in [3.8, 4) is 0 Å². The highest BCUT2D eigenvalue weighted by atomic mass is 32.1. The van der Waals surface area contributed by atoms with E-state index in [0.29, 0.717) is 11.3 Å². The van der Waals surface area contributed by atoms with E-state index < -0.39 is 0 Å². The van der Waals surface area contributed by atoms with Crippen molar-refractivity contribution in [1.29, 1.82) is 0 Å². The van der Waals surface area contributed by atoms with Crippen molar-refractivity contribution in [3.63, 3.8) is 0 Å². The van der Waals surface area contributed by atoms with Crippen molar-refractivity contribution in [2.24, 2.45) is 0 Å². The molecule has 0 unspecified atom stereocenters. The zero-order valence-corrected chi connectivity index (χ0v) is 6.44. The second kappa shape index (κ2) is 3.32. The Morgan fingerprint density at radius 2 is 1.90 bits per heavy atom. The van der Waals surface area contributed by atoms with Crippen LogP contribution in [0.5, 0.6) is 0 Å². The largest absolute Gasteiger partial charge is 0.212 e. The molecule has 0 aliphatic heterocycles. The highest BCUT2D eigenvalue weighted by Crippen LogP contribution is 1.98. The van der Waals surface area contributed by atoms with Gasteiger partial charge in [-0.2, -0.15) is 0 Å². The van der Waals surface area contributed by atoms with Crippen molar-refractivity contribution in [2.75, 3.05) is 0 Å². The van der Waals surface area contributed by atoms with E-state index in [1.165, 1.54) is 5.56 Å². The first-order valence-electron chi connectivity index (χ1n) is 2.94. The average molecular weight is 151 g/mol. The van der Waals surface area contributed by atoms with Gasteiger partial charge in [0.05, 0.1) is 16.6 Å². The monoisotopic (exact) mass is 151 g/mol. The maximum Gasteiger partial charge on any atom is 0.0988 e. The van der Waals surface area contributed by atoms with Crippen LogP contribution >= 0.6 is 0 Å². The van der Waals surface area contributed by atoms with Crippen molar-refractivity contribution in [2.45, 2.75) is 6.92 Å². The summed E-state index contributed by atoms with van der Waals surface area (Å²) in [6.45, 7) is 2.01. The SMILES string of the molecule is Cc1ccc([C]=S=O)cc1. The molecule has 0 aromatic heterocycles. The highest BCUT2D eigenvalue weighted by molar-refractivity contribution is 7.65. The smallest absolute Gasteiger partial charge is 0.0988 e. The number of hydrogen-bond donors (Lipinski definition) is 0. The Balaban J connectivity index is 3.00. The Labute approximate surface area is 63.8 Å². The third kappa shape index (κ3) is 1.81. The molecule has 0 amide bonds. The van der Waals surface area contributed by atoms with E-state index in [0.717, 1.165) is 5.56 Å². The van der Waals surface area contributed by atoms with Gasteiger partial charge in [0.15, 0.2) is 0 Å². The van der Waals surface area contributed by atoms with Gasteiger partial charge in [-0.1, -0.05) is 29.8 Å². The molecule has 1 aromatic rings. The van der Waals surface area contributed by atoms with E-state index in [2.05, 4.69) is 5.37 Å². The number of rotatable bonds is 1. The molecule has 1 rings (SSSR count). The minimum Gasteiger partial charge on any atom is -0.212 e. The zero-order chi connectivity index (χ0) is 7.40. The summed E-state index contributed by atoms with van der Waals surface area (Å²) >= 11 is 0.361. The summed E-state index contributed by atoms with van der Waals surface area (Å²) in [7, 11) is 0. The van der Waals surface area contributed by atoms with Crippen LogP contribution in [0.4, 0.5) is 0 Å². The van der Waals surface area contributed by atoms with E-state index in [9.17, 15) is 4.21 Å². The molecule has 2 heteroatoms. The van der Waals surface area contributed by atoms with Gasteiger partial charge in [-0.3, -0.25) is 0 Å². The molecular weight excluding hydrogens is 144 g/mol. The van der Waals surface area contributed by atoms with Crippen molar-refractivity contribution in [1.82, 2.24) is 0 Å². The van der Waals surface area contributed by atoms with Gasteiger partial charge in [0, 0.05) is 0 Å². The molecular formula is C8H7OS. The van der Waals surface area contributed by atoms with Crippen LogP contribution < -0.4 is 0 Å². The molecule has 0 fully saturated rings. The van der Waals surface area contributed by atoms with Crippen molar-refractivity contribution in [3.05, 3.63) is 35.4 Å². The Morgan fingerprint density at radius 1 is 1.30 bits per heavy atom. The Morgan fingerprint density at radius 3 is 2.40 bits per heavy atom. The van der Waals surface area contributed by atoms with Crippen LogP contribution in [0.3, 0.4) is 0 Å². The lowest BCUT2D eigenvalue weighted by Crippen LogP contribution is -1.78. The molecule has 0 spiro atoms. The molecule has 0 heterocycles. The standard InChI is InChI=1S/C8H7OS/c1-7-2-4-8(5-3-7)6-10-9/h2-5H,1H3. The molecule has 1 aromatic carbocycles. The minimum atomic E-state index is 0.361. The number of benzene rings is 1. The summed E-state index contributed by atoms with van der Waals surface area (Å²) in [5.41, 5.74) is 2.05. The van der Waals surface area contributed by atoms with Crippen LogP contribution in [-0.2, 0) is 11.3 Å². The zero-order valence-electron chi connectivity index (χ0n) is 5.63. The number of hydrogen-bond acceptors (Lipinski definition) is 1. The fourth-order valence-corrected chi connectivity index (χ4v) is 0.902. The first-order chi connectivity index (χ1) is 4.83. The summed E-state index contributed by atoms with van der Waals surface area (Å²) in [4.78, 5) is 0. The van der Waals surface area contributed by atoms with Gasteiger partial charge in [0.2, 0.25) is 0 Å². The van der Waals surface area contributed by atoms with Crippen molar-refractivity contribution < 1.29 is 4.21 Å². The lowest BCUT2D eigenvalue weighted by molar-refractivity contribution is 0.701. The maximum atomic E-state index is 9.99. The summed E-state index contributed by atoms with van der Waals surface area (Å²) in [5, 5.41) is 2.60. The predicted octanol–water partition coefficient (Wildman–Crippen LogP) is 1.24. The third-order valence-corrected chi connectivity index (χ3v) is 1.53. The lowest BCUT2D eigenvalue weighted by Gasteiger charge is -1.89. The van der Waals surface area contributed by atoms with Crippen LogP contribution in [0.15, 0.2) is 24.3 Å². The first kappa shape index (κ1) is 7.22. The summed E-state index contributed by atoms with van der Waals surface area (Å²) in [6.07, 6.45) is 0. The van der Waals surface area contributed by atoms with Crippen LogP contribution in [0.2, 0.25) is 0 Å². The van der Waals surface area contributed by atoms with Crippen molar-refractivity contribution >= 4 is 16.6 Å². The van der Waals surface area contributed by atoms with E-state index >= 15 is 0 Å². The van der Waals surface area contributed by atoms with Crippen LogP contribution in [0.1, 0.15) is 11.1 Å². The highest BCUT2D eigenvalue weighted by Gasteiger charge is 1.85. The van der Waals surface area contributed by atoms with Crippen LogP contribution in [0.25, 0.3) is 0 Å². The van der Waals surface area contributed by atoms with Crippen LogP contribution in [-0.4, -0.2) is 9.58 Å². The molecule has 0 aliphatic rings. The van der Waals surface area contributed by atoms with Gasteiger partial charge >= 0.3 is 0 Å². The van der Waals surface area contributed by atoms with E-state index in [-0.39, 0.29) is 0 Å². The van der Waals surface area contributed by atoms with E-state index in [1.807, 2.05) is 31.2 Å². The summed E-state index contributed by atoms with van der Waals surface area (Å²) < 4.78 is 9.99. The fourth-order valence-electron chi connectivity index (χ4n) is 0.670. The Bertz CT molecular complexity index is 257. The predicted molar refractivity (Wildman–Crippen MR) is 43.4 cm³/mol. The maximum absolute atomic E-state index is 9.99. The second-order valence-electron chi connectivity index (χ2n) is 2.05. The van der Waals surface area contributed by atoms with Gasteiger partial charge in [-0.25, -0.2) is 4.21 Å². The van der Waals surface area contributed by atoms with Gasteiger partial charge in [-0.15, -0.1) is 0 Å². The normalized spacial score (nSPS) is 8.90. The van der Waals surface area contributed by atoms with Gasteiger partial charge in [0.25, 0.3) is 0 Å². The summed E-state index contributed by atoms with van der Waals surface area (Å²) in [5.74, 6) is 0. The molecule has 0 aliphatic carbocycles. The van der Waals surface area contributed by atoms with Crippen LogP contribution in [0, 0.1) is 6.92 Å². The third-order valence-electron chi connectivity index (χ3n) is 1.21.